The normalized spacial score (nSPS) is 17.9. The van der Waals surface area contributed by atoms with E-state index in [0.717, 1.165) is 38.8 Å². The molecule has 0 saturated carbocycles. The molecule has 1 fully saturated rings. The van der Waals surface area contributed by atoms with E-state index in [9.17, 15) is 0 Å². The molecule has 0 unspecified atom stereocenters. The quantitative estimate of drug-likeness (QED) is 0.694. The first-order valence-corrected chi connectivity index (χ1v) is 6.39. The van der Waals surface area contributed by atoms with Crippen LogP contribution in [0.3, 0.4) is 0 Å². The first kappa shape index (κ1) is 13.5. The third kappa shape index (κ3) is 5.48. The van der Waals surface area contributed by atoms with Crippen molar-refractivity contribution >= 4 is 0 Å². The van der Waals surface area contributed by atoms with Crippen LogP contribution in [0.4, 0.5) is 0 Å². The second-order valence-electron chi connectivity index (χ2n) is 5.12. The lowest BCUT2D eigenvalue weighted by molar-refractivity contribution is 0.0512. The van der Waals surface area contributed by atoms with Crippen molar-refractivity contribution in [1.82, 2.24) is 4.90 Å². The lowest BCUT2D eigenvalue weighted by atomic mass is 9.99. The number of nitriles is 1. The molecule has 3 heteroatoms. The fourth-order valence-electron chi connectivity index (χ4n) is 2.28. The molecule has 1 aliphatic rings. The highest BCUT2D eigenvalue weighted by Gasteiger charge is 2.17. The van der Waals surface area contributed by atoms with Crippen molar-refractivity contribution in [3.8, 4) is 6.07 Å². The Balaban J connectivity index is 2.32. The lowest BCUT2D eigenvalue weighted by Crippen LogP contribution is -2.35. The fraction of sp³-hybridized carbons (Fsp3) is 0.923. The molecule has 0 N–H and O–H groups in total. The highest BCUT2D eigenvalue weighted by Crippen LogP contribution is 2.16. The second-order valence-corrected chi connectivity index (χ2v) is 5.12. The maximum Gasteiger partial charge on any atom is 0.0635 e. The van der Waals surface area contributed by atoms with Crippen LogP contribution in [0, 0.1) is 23.2 Å². The highest BCUT2D eigenvalue weighted by atomic mass is 16.5. The van der Waals surface area contributed by atoms with Gasteiger partial charge in [-0.3, -0.25) is 0 Å². The fourth-order valence-corrected chi connectivity index (χ4v) is 2.28. The zero-order chi connectivity index (χ0) is 11.8. The van der Waals surface area contributed by atoms with E-state index >= 15 is 0 Å². The number of rotatable bonds is 6. The largest absolute Gasteiger partial charge is 0.381 e. The Kier molecular flexibility index (Phi) is 6.44. The standard InChI is InChI=1S/C13H24N2O/c1-12(2)10-15(7-3-6-14)11-13-4-8-16-9-5-13/h12-13H,3-5,7-11H2,1-2H3. The minimum Gasteiger partial charge on any atom is -0.381 e. The van der Waals surface area contributed by atoms with Gasteiger partial charge in [-0.05, 0) is 24.7 Å². The molecule has 1 saturated heterocycles. The first-order chi connectivity index (χ1) is 7.72. The molecule has 0 aromatic carbocycles. The van der Waals surface area contributed by atoms with Gasteiger partial charge in [-0.2, -0.15) is 5.26 Å². The summed E-state index contributed by atoms with van der Waals surface area (Å²) in [4.78, 5) is 2.45. The molecular formula is C13H24N2O. The second kappa shape index (κ2) is 7.65. The lowest BCUT2D eigenvalue weighted by Gasteiger charge is -2.30. The van der Waals surface area contributed by atoms with E-state index < -0.39 is 0 Å². The zero-order valence-corrected chi connectivity index (χ0v) is 10.6. The SMILES string of the molecule is CC(C)CN(CCC#N)CC1CCOCC1. The van der Waals surface area contributed by atoms with E-state index in [4.69, 9.17) is 10.00 Å². The van der Waals surface area contributed by atoms with Crippen molar-refractivity contribution in [2.75, 3.05) is 32.8 Å². The molecule has 1 aliphatic heterocycles. The minimum absolute atomic E-state index is 0.649. The summed E-state index contributed by atoms with van der Waals surface area (Å²) in [5, 5.41) is 8.66. The minimum atomic E-state index is 0.649. The van der Waals surface area contributed by atoms with Gasteiger partial charge < -0.3 is 9.64 Å². The van der Waals surface area contributed by atoms with Gasteiger partial charge >= 0.3 is 0 Å². The smallest absolute Gasteiger partial charge is 0.0635 e. The van der Waals surface area contributed by atoms with E-state index in [0.29, 0.717) is 12.3 Å². The Labute approximate surface area is 99.4 Å². The topological polar surface area (TPSA) is 36.3 Å². The molecule has 0 bridgehead atoms. The summed E-state index contributed by atoms with van der Waals surface area (Å²) in [5.74, 6) is 1.45. The Hall–Kier alpha value is -0.590. The molecule has 0 radical (unpaired) electrons. The molecule has 0 amide bonds. The zero-order valence-electron chi connectivity index (χ0n) is 10.6. The first-order valence-electron chi connectivity index (χ1n) is 6.39. The summed E-state index contributed by atoms with van der Waals surface area (Å²) < 4.78 is 5.37. The Morgan fingerprint density at radius 1 is 1.38 bits per heavy atom. The third-order valence-electron chi connectivity index (χ3n) is 3.02. The van der Waals surface area contributed by atoms with Crippen LogP contribution in [0.15, 0.2) is 0 Å². The summed E-state index contributed by atoms with van der Waals surface area (Å²) in [6.45, 7) is 9.48. The molecule has 3 nitrogen and oxygen atoms in total. The molecule has 16 heavy (non-hydrogen) atoms. The van der Waals surface area contributed by atoms with Gasteiger partial charge in [-0.15, -0.1) is 0 Å². The van der Waals surface area contributed by atoms with E-state index in [1.807, 2.05) is 0 Å². The van der Waals surface area contributed by atoms with Crippen LogP contribution in [-0.2, 0) is 4.74 Å². The van der Waals surface area contributed by atoms with Crippen LogP contribution in [0.2, 0.25) is 0 Å². The van der Waals surface area contributed by atoms with Crippen LogP contribution in [0.25, 0.3) is 0 Å². The van der Waals surface area contributed by atoms with E-state index in [-0.39, 0.29) is 0 Å². The van der Waals surface area contributed by atoms with Crippen molar-refractivity contribution < 1.29 is 4.74 Å². The van der Waals surface area contributed by atoms with Gasteiger partial charge in [0, 0.05) is 39.3 Å². The van der Waals surface area contributed by atoms with Gasteiger partial charge in [0.1, 0.15) is 0 Å². The van der Waals surface area contributed by atoms with Gasteiger partial charge in [0.15, 0.2) is 0 Å². The molecular weight excluding hydrogens is 200 g/mol. The summed E-state index contributed by atoms with van der Waals surface area (Å²) in [6, 6.07) is 2.24. The number of hydrogen-bond donors (Lipinski definition) is 0. The van der Waals surface area contributed by atoms with Gasteiger partial charge in [0.25, 0.3) is 0 Å². The summed E-state index contributed by atoms with van der Waals surface area (Å²) in [6.07, 6.45) is 3.01. The molecule has 1 rings (SSSR count). The average Bonchev–Trinajstić information content (AvgIpc) is 2.26. The third-order valence-corrected chi connectivity index (χ3v) is 3.02. The maximum atomic E-state index is 8.66. The molecule has 0 aromatic rings. The number of ether oxygens (including phenoxy) is 1. The Morgan fingerprint density at radius 2 is 2.06 bits per heavy atom. The van der Waals surface area contributed by atoms with Crippen molar-refractivity contribution in [2.45, 2.75) is 33.1 Å². The van der Waals surface area contributed by atoms with Crippen LogP contribution < -0.4 is 0 Å². The van der Waals surface area contributed by atoms with E-state index in [1.54, 1.807) is 0 Å². The highest BCUT2D eigenvalue weighted by molar-refractivity contribution is 4.75. The van der Waals surface area contributed by atoms with Crippen LogP contribution in [0.5, 0.6) is 0 Å². The maximum absolute atomic E-state index is 8.66. The Morgan fingerprint density at radius 3 is 2.62 bits per heavy atom. The van der Waals surface area contributed by atoms with Gasteiger partial charge in [-0.1, -0.05) is 13.8 Å². The molecule has 1 heterocycles. The Bertz CT molecular complexity index is 216. The summed E-state index contributed by atoms with van der Waals surface area (Å²) in [5.41, 5.74) is 0. The molecule has 0 atom stereocenters. The summed E-state index contributed by atoms with van der Waals surface area (Å²) in [7, 11) is 0. The van der Waals surface area contributed by atoms with Gasteiger partial charge in [0.05, 0.1) is 6.07 Å². The van der Waals surface area contributed by atoms with Gasteiger partial charge in [-0.25, -0.2) is 0 Å². The van der Waals surface area contributed by atoms with E-state index in [2.05, 4.69) is 24.8 Å². The van der Waals surface area contributed by atoms with Crippen LogP contribution in [0.1, 0.15) is 33.1 Å². The molecule has 0 aromatic heterocycles. The van der Waals surface area contributed by atoms with Crippen molar-refractivity contribution in [3.63, 3.8) is 0 Å². The predicted molar refractivity (Wildman–Crippen MR) is 65.1 cm³/mol. The molecule has 0 spiro atoms. The molecule has 92 valence electrons. The number of hydrogen-bond acceptors (Lipinski definition) is 3. The van der Waals surface area contributed by atoms with Crippen molar-refractivity contribution in [2.24, 2.45) is 11.8 Å². The molecule has 0 aliphatic carbocycles. The predicted octanol–water partition coefficient (Wildman–Crippen LogP) is 2.28. The van der Waals surface area contributed by atoms with Crippen molar-refractivity contribution in [1.29, 1.82) is 5.26 Å². The van der Waals surface area contributed by atoms with E-state index in [1.165, 1.54) is 12.8 Å². The summed E-state index contributed by atoms with van der Waals surface area (Å²) >= 11 is 0. The van der Waals surface area contributed by atoms with Crippen LogP contribution >= 0.6 is 0 Å². The van der Waals surface area contributed by atoms with Crippen molar-refractivity contribution in [3.05, 3.63) is 0 Å². The average molecular weight is 224 g/mol. The van der Waals surface area contributed by atoms with Gasteiger partial charge in [0.2, 0.25) is 0 Å². The van der Waals surface area contributed by atoms with Crippen LogP contribution in [-0.4, -0.2) is 37.7 Å². The monoisotopic (exact) mass is 224 g/mol. The number of nitrogens with zero attached hydrogens (tertiary/aromatic N) is 2.